The van der Waals surface area contributed by atoms with Gasteiger partial charge in [-0.2, -0.15) is 0 Å². The molecule has 0 spiro atoms. The molecule has 90 valence electrons. The van der Waals surface area contributed by atoms with Crippen molar-refractivity contribution in [2.45, 2.75) is 38.6 Å². The molecule has 1 N–H and O–H groups in total. The highest BCUT2D eigenvalue weighted by molar-refractivity contribution is 4.77. The summed E-state index contributed by atoms with van der Waals surface area (Å²) in [6.45, 7) is 5.65. The second kappa shape index (κ2) is 8.08. The van der Waals surface area contributed by atoms with Crippen molar-refractivity contribution in [2.75, 3.05) is 33.5 Å². The van der Waals surface area contributed by atoms with Gasteiger partial charge in [0.05, 0.1) is 6.61 Å². The Balaban J connectivity index is 2.15. The zero-order valence-electron chi connectivity index (χ0n) is 10.1. The molecule has 0 amide bonds. The molecule has 15 heavy (non-hydrogen) atoms. The van der Waals surface area contributed by atoms with E-state index in [0.29, 0.717) is 12.0 Å². The smallest absolute Gasteiger partial charge is 0.0509 e. The van der Waals surface area contributed by atoms with E-state index in [2.05, 4.69) is 12.4 Å². The van der Waals surface area contributed by atoms with Gasteiger partial charge < -0.3 is 14.8 Å². The van der Waals surface area contributed by atoms with E-state index in [1.54, 1.807) is 0 Å². The Morgan fingerprint density at radius 2 is 2.40 bits per heavy atom. The minimum absolute atomic E-state index is 0.603. The van der Waals surface area contributed by atoms with E-state index in [4.69, 9.17) is 9.47 Å². The number of hydrogen-bond acceptors (Lipinski definition) is 3. The topological polar surface area (TPSA) is 30.5 Å². The van der Waals surface area contributed by atoms with Crippen LogP contribution in [0.5, 0.6) is 0 Å². The van der Waals surface area contributed by atoms with Crippen LogP contribution >= 0.6 is 0 Å². The van der Waals surface area contributed by atoms with E-state index >= 15 is 0 Å². The van der Waals surface area contributed by atoms with Crippen LogP contribution in [-0.4, -0.2) is 39.5 Å². The first-order valence-corrected chi connectivity index (χ1v) is 6.21. The summed E-state index contributed by atoms with van der Waals surface area (Å²) < 4.78 is 10.9. The largest absolute Gasteiger partial charge is 0.382 e. The molecule has 1 heterocycles. The molecule has 1 aliphatic heterocycles. The van der Waals surface area contributed by atoms with Crippen molar-refractivity contribution in [1.29, 1.82) is 0 Å². The van der Waals surface area contributed by atoms with Gasteiger partial charge in [0.25, 0.3) is 0 Å². The Hall–Kier alpha value is -0.120. The summed E-state index contributed by atoms with van der Waals surface area (Å²) in [5.41, 5.74) is 0. The predicted molar refractivity (Wildman–Crippen MR) is 62.1 cm³/mol. The zero-order chi connectivity index (χ0) is 10.9. The van der Waals surface area contributed by atoms with E-state index in [-0.39, 0.29) is 0 Å². The second-order valence-corrected chi connectivity index (χ2v) is 4.21. The molecule has 3 nitrogen and oxygen atoms in total. The van der Waals surface area contributed by atoms with Crippen LogP contribution in [0.15, 0.2) is 0 Å². The summed E-state index contributed by atoms with van der Waals surface area (Å²) in [4.78, 5) is 0. The highest BCUT2D eigenvalue weighted by Crippen LogP contribution is 2.20. The summed E-state index contributed by atoms with van der Waals surface area (Å²) in [6, 6.07) is 0.603. The molecule has 1 fully saturated rings. The van der Waals surface area contributed by atoms with Gasteiger partial charge in [-0.05, 0) is 45.6 Å². The molecule has 3 heteroatoms. The van der Waals surface area contributed by atoms with Gasteiger partial charge in [-0.3, -0.25) is 0 Å². The van der Waals surface area contributed by atoms with Crippen molar-refractivity contribution in [2.24, 2.45) is 5.92 Å². The first-order valence-electron chi connectivity index (χ1n) is 6.21. The molecule has 1 aliphatic rings. The van der Waals surface area contributed by atoms with Gasteiger partial charge in [-0.1, -0.05) is 0 Å². The van der Waals surface area contributed by atoms with Crippen LogP contribution in [0.1, 0.15) is 32.6 Å². The van der Waals surface area contributed by atoms with Gasteiger partial charge >= 0.3 is 0 Å². The van der Waals surface area contributed by atoms with E-state index in [9.17, 15) is 0 Å². The zero-order valence-corrected chi connectivity index (χ0v) is 10.1. The third-order valence-corrected chi connectivity index (χ3v) is 3.14. The van der Waals surface area contributed by atoms with Gasteiger partial charge in [0.2, 0.25) is 0 Å². The van der Waals surface area contributed by atoms with E-state index in [1.165, 1.54) is 19.3 Å². The van der Waals surface area contributed by atoms with Crippen LogP contribution in [-0.2, 0) is 9.47 Å². The second-order valence-electron chi connectivity index (χ2n) is 4.21. The van der Waals surface area contributed by atoms with Crippen molar-refractivity contribution in [3.63, 3.8) is 0 Å². The average molecular weight is 215 g/mol. The molecule has 1 rings (SSSR count). The predicted octanol–water partition coefficient (Wildman–Crippen LogP) is 1.82. The standard InChI is InChI=1S/C12H25NO2/c1-3-14-8-5-7-12(13-2)11-6-4-9-15-10-11/h11-13H,3-10H2,1-2H3. The number of nitrogens with one attached hydrogen (secondary N) is 1. The van der Waals surface area contributed by atoms with E-state index in [0.717, 1.165) is 32.8 Å². The molecule has 0 aliphatic carbocycles. The Labute approximate surface area is 93.5 Å². The van der Waals surface area contributed by atoms with Crippen LogP contribution in [0, 0.1) is 5.92 Å². The summed E-state index contributed by atoms with van der Waals surface area (Å²) in [7, 11) is 2.06. The lowest BCUT2D eigenvalue weighted by atomic mass is 9.91. The third-order valence-electron chi connectivity index (χ3n) is 3.14. The molecule has 0 aromatic heterocycles. The fraction of sp³-hybridized carbons (Fsp3) is 1.00. The van der Waals surface area contributed by atoms with Crippen LogP contribution < -0.4 is 5.32 Å². The van der Waals surface area contributed by atoms with E-state index < -0.39 is 0 Å². The highest BCUT2D eigenvalue weighted by atomic mass is 16.5. The Morgan fingerprint density at radius 1 is 1.53 bits per heavy atom. The maximum Gasteiger partial charge on any atom is 0.0509 e. The summed E-state index contributed by atoms with van der Waals surface area (Å²) >= 11 is 0. The Morgan fingerprint density at radius 3 is 3.00 bits per heavy atom. The minimum atomic E-state index is 0.603. The number of hydrogen-bond donors (Lipinski definition) is 1. The highest BCUT2D eigenvalue weighted by Gasteiger charge is 2.22. The summed E-state index contributed by atoms with van der Waals surface area (Å²) in [6.07, 6.45) is 4.87. The molecular weight excluding hydrogens is 190 g/mol. The third kappa shape index (κ3) is 4.96. The molecule has 1 saturated heterocycles. The quantitative estimate of drug-likeness (QED) is 0.657. The molecule has 2 unspecified atom stereocenters. The Kier molecular flexibility index (Phi) is 6.98. The lowest BCUT2D eigenvalue weighted by Gasteiger charge is -2.30. The lowest BCUT2D eigenvalue weighted by molar-refractivity contribution is 0.0370. The normalized spacial score (nSPS) is 24.0. The van der Waals surface area contributed by atoms with Gasteiger partial charge in [-0.15, -0.1) is 0 Å². The Bertz CT molecular complexity index is 147. The first kappa shape index (κ1) is 12.9. The van der Waals surface area contributed by atoms with Crippen molar-refractivity contribution in [3.8, 4) is 0 Å². The monoisotopic (exact) mass is 215 g/mol. The summed E-state index contributed by atoms with van der Waals surface area (Å²) in [5, 5.41) is 3.41. The molecule has 0 saturated carbocycles. The van der Waals surface area contributed by atoms with Gasteiger partial charge in [-0.25, -0.2) is 0 Å². The van der Waals surface area contributed by atoms with Crippen LogP contribution in [0.3, 0.4) is 0 Å². The maximum atomic E-state index is 5.52. The lowest BCUT2D eigenvalue weighted by Crippen LogP contribution is -2.38. The van der Waals surface area contributed by atoms with Crippen LogP contribution in [0.2, 0.25) is 0 Å². The summed E-state index contributed by atoms with van der Waals surface area (Å²) in [5.74, 6) is 0.699. The van der Waals surface area contributed by atoms with Gasteiger partial charge in [0.1, 0.15) is 0 Å². The number of rotatable bonds is 7. The van der Waals surface area contributed by atoms with Crippen LogP contribution in [0.25, 0.3) is 0 Å². The minimum Gasteiger partial charge on any atom is -0.382 e. The molecule has 0 aromatic rings. The number of ether oxygens (including phenoxy) is 2. The van der Waals surface area contributed by atoms with E-state index in [1.807, 2.05) is 6.92 Å². The molecule has 0 bridgehead atoms. The van der Waals surface area contributed by atoms with Gasteiger partial charge in [0, 0.05) is 25.9 Å². The van der Waals surface area contributed by atoms with Crippen molar-refractivity contribution in [3.05, 3.63) is 0 Å². The van der Waals surface area contributed by atoms with Crippen molar-refractivity contribution >= 4 is 0 Å². The first-order chi connectivity index (χ1) is 7.38. The maximum absolute atomic E-state index is 5.52. The fourth-order valence-electron chi connectivity index (χ4n) is 2.25. The molecule has 0 radical (unpaired) electrons. The average Bonchev–Trinajstić information content (AvgIpc) is 2.30. The SMILES string of the molecule is CCOCCCC(NC)C1CCCOC1. The molecule has 2 atom stereocenters. The van der Waals surface area contributed by atoms with Gasteiger partial charge in [0.15, 0.2) is 0 Å². The van der Waals surface area contributed by atoms with Crippen molar-refractivity contribution in [1.82, 2.24) is 5.32 Å². The van der Waals surface area contributed by atoms with Crippen molar-refractivity contribution < 1.29 is 9.47 Å². The van der Waals surface area contributed by atoms with Crippen LogP contribution in [0.4, 0.5) is 0 Å². The fourth-order valence-corrected chi connectivity index (χ4v) is 2.25. The molecular formula is C12H25NO2. The molecule has 0 aromatic carbocycles.